The molecular formula is C15H25NO2. The van der Waals surface area contributed by atoms with E-state index in [1.165, 1.54) is 12.8 Å². The van der Waals surface area contributed by atoms with Crippen molar-refractivity contribution in [2.75, 3.05) is 6.54 Å². The zero-order valence-electron chi connectivity index (χ0n) is 11.5. The monoisotopic (exact) mass is 251 g/mol. The van der Waals surface area contributed by atoms with Gasteiger partial charge in [0.1, 0.15) is 17.6 Å². The van der Waals surface area contributed by atoms with E-state index >= 15 is 0 Å². The Bertz CT molecular complexity index is 388. The van der Waals surface area contributed by atoms with E-state index in [1.807, 2.05) is 19.1 Å². The van der Waals surface area contributed by atoms with Crippen molar-refractivity contribution in [1.82, 2.24) is 0 Å². The first-order valence-electron chi connectivity index (χ1n) is 7.06. The summed E-state index contributed by atoms with van der Waals surface area (Å²) in [5.41, 5.74) is 5.81. The third-order valence-electron chi connectivity index (χ3n) is 4.58. The molecule has 1 aromatic rings. The van der Waals surface area contributed by atoms with Gasteiger partial charge in [-0.1, -0.05) is 26.2 Å². The van der Waals surface area contributed by atoms with E-state index in [9.17, 15) is 5.11 Å². The smallest absolute Gasteiger partial charge is 0.133 e. The predicted octanol–water partition coefficient (Wildman–Crippen LogP) is 3.17. The van der Waals surface area contributed by atoms with Crippen LogP contribution in [0.4, 0.5) is 0 Å². The van der Waals surface area contributed by atoms with Gasteiger partial charge in [0.05, 0.1) is 0 Å². The predicted molar refractivity (Wildman–Crippen MR) is 72.1 cm³/mol. The minimum atomic E-state index is -0.564. The van der Waals surface area contributed by atoms with Crippen LogP contribution in [0.25, 0.3) is 0 Å². The Kier molecular flexibility index (Phi) is 4.13. The van der Waals surface area contributed by atoms with Crippen molar-refractivity contribution in [1.29, 1.82) is 0 Å². The summed E-state index contributed by atoms with van der Waals surface area (Å²) in [5.74, 6) is 2.21. The third kappa shape index (κ3) is 2.47. The van der Waals surface area contributed by atoms with E-state index in [2.05, 4.69) is 6.92 Å². The average Bonchev–Trinajstić information content (AvgIpc) is 2.84. The van der Waals surface area contributed by atoms with Crippen molar-refractivity contribution >= 4 is 0 Å². The van der Waals surface area contributed by atoms with E-state index in [4.69, 9.17) is 10.2 Å². The van der Waals surface area contributed by atoms with Gasteiger partial charge >= 0.3 is 0 Å². The summed E-state index contributed by atoms with van der Waals surface area (Å²) in [4.78, 5) is 0. The SMILES string of the molecule is CCC1CCCC(CN)(C(O)c2ccc(C)o2)C1. The van der Waals surface area contributed by atoms with Crippen molar-refractivity contribution in [3.05, 3.63) is 23.7 Å². The van der Waals surface area contributed by atoms with Crippen molar-refractivity contribution < 1.29 is 9.52 Å². The summed E-state index contributed by atoms with van der Waals surface area (Å²) in [6.45, 7) is 4.66. The summed E-state index contributed by atoms with van der Waals surface area (Å²) < 4.78 is 5.59. The Balaban J connectivity index is 2.20. The van der Waals surface area contributed by atoms with Crippen LogP contribution in [0, 0.1) is 18.3 Å². The van der Waals surface area contributed by atoms with Gasteiger partial charge in [0.15, 0.2) is 0 Å². The normalized spacial score (nSPS) is 30.3. The largest absolute Gasteiger partial charge is 0.464 e. The van der Waals surface area contributed by atoms with Crippen LogP contribution in [-0.2, 0) is 0 Å². The molecule has 3 unspecified atom stereocenters. The minimum Gasteiger partial charge on any atom is -0.464 e. The molecule has 1 aromatic heterocycles. The summed E-state index contributed by atoms with van der Waals surface area (Å²) in [6.07, 6.45) is 5.05. The second kappa shape index (κ2) is 5.45. The molecule has 3 atom stereocenters. The van der Waals surface area contributed by atoms with E-state index in [0.717, 1.165) is 25.0 Å². The number of furan rings is 1. The fourth-order valence-corrected chi connectivity index (χ4v) is 3.32. The summed E-state index contributed by atoms with van der Waals surface area (Å²) >= 11 is 0. The number of aliphatic hydroxyl groups excluding tert-OH is 1. The Labute approximate surface area is 109 Å². The lowest BCUT2D eigenvalue weighted by atomic mass is 9.65. The lowest BCUT2D eigenvalue weighted by Crippen LogP contribution is -2.41. The lowest BCUT2D eigenvalue weighted by molar-refractivity contribution is -0.0287. The van der Waals surface area contributed by atoms with Gasteiger partial charge in [-0.3, -0.25) is 0 Å². The van der Waals surface area contributed by atoms with Gasteiger partial charge in [-0.2, -0.15) is 0 Å². The van der Waals surface area contributed by atoms with Crippen molar-refractivity contribution in [3.8, 4) is 0 Å². The third-order valence-corrected chi connectivity index (χ3v) is 4.58. The molecule has 1 heterocycles. The molecule has 0 spiro atoms. The maximum absolute atomic E-state index is 10.6. The topological polar surface area (TPSA) is 59.4 Å². The van der Waals surface area contributed by atoms with Crippen LogP contribution in [0.2, 0.25) is 0 Å². The lowest BCUT2D eigenvalue weighted by Gasteiger charge is -2.42. The highest BCUT2D eigenvalue weighted by molar-refractivity contribution is 5.12. The van der Waals surface area contributed by atoms with Crippen LogP contribution in [0.5, 0.6) is 0 Å². The van der Waals surface area contributed by atoms with Crippen LogP contribution in [0.3, 0.4) is 0 Å². The van der Waals surface area contributed by atoms with Crippen LogP contribution in [0.15, 0.2) is 16.5 Å². The zero-order valence-corrected chi connectivity index (χ0v) is 11.5. The molecular weight excluding hydrogens is 226 g/mol. The molecule has 18 heavy (non-hydrogen) atoms. The molecule has 0 aliphatic heterocycles. The Hall–Kier alpha value is -0.800. The van der Waals surface area contributed by atoms with Gasteiger partial charge in [-0.25, -0.2) is 0 Å². The van der Waals surface area contributed by atoms with Gasteiger partial charge in [0.2, 0.25) is 0 Å². The molecule has 3 heteroatoms. The molecule has 2 rings (SSSR count). The molecule has 3 N–H and O–H groups in total. The first kappa shape index (κ1) is 13.6. The average molecular weight is 251 g/mol. The Morgan fingerprint density at radius 2 is 2.33 bits per heavy atom. The first-order chi connectivity index (χ1) is 8.61. The number of hydrogen-bond acceptors (Lipinski definition) is 3. The quantitative estimate of drug-likeness (QED) is 0.864. The molecule has 0 aromatic carbocycles. The Morgan fingerprint density at radius 1 is 1.56 bits per heavy atom. The fraction of sp³-hybridized carbons (Fsp3) is 0.733. The van der Waals surface area contributed by atoms with Crippen molar-refractivity contribution in [3.63, 3.8) is 0 Å². The van der Waals surface area contributed by atoms with Crippen LogP contribution >= 0.6 is 0 Å². The molecule has 0 amide bonds. The van der Waals surface area contributed by atoms with Gasteiger partial charge in [0, 0.05) is 12.0 Å². The summed E-state index contributed by atoms with van der Waals surface area (Å²) in [7, 11) is 0. The summed E-state index contributed by atoms with van der Waals surface area (Å²) in [5, 5.41) is 10.6. The molecule has 0 bridgehead atoms. The molecule has 3 nitrogen and oxygen atoms in total. The first-order valence-corrected chi connectivity index (χ1v) is 7.06. The van der Waals surface area contributed by atoms with Crippen LogP contribution < -0.4 is 5.73 Å². The van der Waals surface area contributed by atoms with E-state index < -0.39 is 6.10 Å². The van der Waals surface area contributed by atoms with Crippen LogP contribution in [0.1, 0.15) is 56.7 Å². The van der Waals surface area contributed by atoms with Gasteiger partial charge in [-0.15, -0.1) is 0 Å². The molecule has 1 saturated carbocycles. The summed E-state index contributed by atoms with van der Waals surface area (Å²) in [6, 6.07) is 3.79. The second-order valence-corrected chi connectivity index (χ2v) is 5.79. The molecule has 1 fully saturated rings. The molecule has 102 valence electrons. The molecule has 0 radical (unpaired) electrons. The van der Waals surface area contributed by atoms with Gasteiger partial charge < -0.3 is 15.3 Å². The van der Waals surface area contributed by atoms with Crippen LogP contribution in [-0.4, -0.2) is 11.7 Å². The van der Waals surface area contributed by atoms with E-state index in [1.54, 1.807) is 0 Å². The number of aliphatic hydroxyl groups is 1. The molecule has 1 aliphatic carbocycles. The van der Waals surface area contributed by atoms with Gasteiger partial charge in [-0.05, 0) is 37.8 Å². The van der Waals surface area contributed by atoms with Crippen molar-refractivity contribution in [2.24, 2.45) is 17.1 Å². The maximum Gasteiger partial charge on any atom is 0.133 e. The van der Waals surface area contributed by atoms with Gasteiger partial charge in [0.25, 0.3) is 0 Å². The number of aryl methyl sites for hydroxylation is 1. The Morgan fingerprint density at radius 3 is 2.89 bits per heavy atom. The number of nitrogens with two attached hydrogens (primary N) is 1. The molecule has 1 aliphatic rings. The number of rotatable bonds is 4. The number of hydrogen-bond donors (Lipinski definition) is 2. The minimum absolute atomic E-state index is 0.191. The second-order valence-electron chi connectivity index (χ2n) is 5.79. The molecule has 0 saturated heterocycles. The highest BCUT2D eigenvalue weighted by Crippen LogP contribution is 2.48. The standard InChI is InChI=1S/C15H25NO2/c1-3-12-5-4-8-15(9-12,10-16)14(17)13-7-6-11(2)18-13/h6-7,12,14,17H,3-5,8-10,16H2,1-2H3. The highest BCUT2D eigenvalue weighted by atomic mass is 16.4. The fourth-order valence-electron chi connectivity index (χ4n) is 3.32. The van der Waals surface area contributed by atoms with E-state index in [0.29, 0.717) is 18.2 Å². The van der Waals surface area contributed by atoms with Crippen molar-refractivity contribution in [2.45, 2.75) is 52.1 Å². The zero-order chi connectivity index (χ0) is 13.2. The van der Waals surface area contributed by atoms with E-state index in [-0.39, 0.29) is 5.41 Å². The maximum atomic E-state index is 10.6. The highest BCUT2D eigenvalue weighted by Gasteiger charge is 2.42.